The lowest BCUT2D eigenvalue weighted by Gasteiger charge is -2.16. The van der Waals surface area contributed by atoms with Crippen LogP contribution in [0, 0.1) is 5.92 Å². The fourth-order valence-corrected chi connectivity index (χ4v) is 3.49. The van der Waals surface area contributed by atoms with Gasteiger partial charge in [0, 0.05) is 23.4 Å². The van der Waals surface area contributed by atoms with Gasteiger partial charge >= 0.3 is 0 Å². The standard InChI is InChI=1S/C13H16BrNO2S/c1-8(11-4-5-12(14)18-11)13(17)15-10-3-2-9(6-10)7-16/h2-5,8-10,16H,6-7H2,1H3,(H,15,17)/t8?,9-,10+/m0/s1. The van der Waals surface area contributed by atoms with Gasteiger partial charge in [0.15, 0.2) is 0 Å². The Labute approximate surface area is 119 Å². The second-order valence-corrected chi connectivity index (χ2v) is 7.04. The summed E-state index contributed by atoms with van der Waals surface area (Å²) in [6, 6.07) is 3.99. The van der Waals surface area contributed by atoms with Gasteiger partial charge in [0.25, 0.3) is 0 Å². The van der Waals surface area contributed by atoms with Crippen LogP contribution in [0.15, 0.2) is 28.1 Å². The number of thiophene rings is 1. The number of rotatable bonds is 4. The van der Waals surface area contributed by atoms with Gasteiger partial charge in [-0.3, -0.25) is 4.79 Å². The van der Waals surface area contributed by atoms with Gasteiger partial charge in [-0.2, -0.15) is 0 Å². The predicted molar refractivity (Wildman–Crippen MR) is 76.7 cm³/mol. The maximum absolute atomic E-state index is 12.1. The number of hydrogen-bond acceptors (Lipinski definition) is 3. The lowest BCUT2D eigenvalue weighted by molar-refractivity contribution is -0.122. The maximum Gasteiger partial charge on any atom is 0.228 e. The van der Waals surface area contributed by atoms with Crippen molar-refractivity contribution in [3.63, 3.8) is 0 Å². The van der Waals surface area contributed by atoms with Crippen molar-refractivity contribution in [3.05, 3.63) is 32.9 Å². The summed E-state index contributed by atoms with van der Waals surface area (Å²) < 4.78 is 1.04. The summed E-state index contributed by atoms with van der Waals surface area (Å²) >= 11 is 4.99. The van der Waals surface area contributed by atoms with Crippen LogP contribution in [0.1, 0.15) is 24.1 Å². The molecule has 1 aromatic rings. The van der Waals surface area contributed by atoms with Crippen LogP contribution in [-0.2, 0) is 4.79 Å². The van der Waals surface area contributed by atoms with Crippen molar-refractivity contribution in [2.75, 3.05) is 6.61 Å². The highest BCUT2D eigenvalue weighted by Gasteiger charge is 2.23. The van der Waals surface area contributed by atoms with E-state index in [1.807, 2.05) is 31.2 Å². The van der Waals surface area contributed by atoms with Crippen LogP contribution in [0.2, 0.25) is 0 Å². The number of aliphatic hydroxyl groups is 1. The van der Waals surface area contributed by atoms with Gasteiger partial charge in [0.1, 0.15) is 0 Å². The summed E-state index contributed by atoms with van der Waals surface area (Å²) in [5.74, 6) is 0.0851. The van der Waals surface area contributed by atoms with Gasteiger partial charge in [-0.05, 0) is 41.4 Å². The molecular formula is C13H16BrNO2S. The zero-order chi connectivity index (χ0) is 13.1. The van der Waals surface area contributed by atoms with Gasteiger partial charge < -0.3 is 10.4 Å². The molecule has 1 aliphatic carbocycles. The van der Waals surface area contributed by atoms with Crippen molar-refractivity contribution >= 4 is 33.2 Å². The number of hydrogen-bond donors (Lipinski definition) is 2. The molecule has 0 saturated heterocycles. The fraction of sp³-hybridized carbons (Fsp3) is 0.462. The van der Waals surface area contributed by atoms with E-state index >= 15 is 0 Å². The van der Waals surface area contributed by atoms with Crippen LogP contribution in [0.4, 0.5) is 0 Å². The first-order valence-electron chi connectivity index (χ1n) is 5.95. The number of carbonyl (C=O) groups excluding carboxylic acids is 1. The third kappa shape index (κ3) is 3.22. The zero-order valence-corrected chi connectivity index (χ0v) is 12.5. The minimum absolute atomic E-state index is 0.0394. The van der Waals surface area contributed by atoms with E-state index in [1.165, 1.54) is 0 Å². The molecule has 0 aliphatic heterocycles. The minimum Gasteiger partial charge on any atom is -0.396 e. The maximum atomic E-state index is 12.1. The topological polar surface area (TPSA) is 49.3 Å². The largest absolute Gasteiger partial charge is 0.396 e. The Bertz CT molecular complexity index is 458. The first-order valence-corrected chi connectivity index (χ1v) is 7.56. The SMILES string of the molecule is CC(C(=O)N[C@@H]1C=C[C@H](CO)C1)c1ccc(Br)s1. The molecule has 1 heterocycles. The fourth-order valence-electron chi connectivity index (χ4n) is 2.01. The molecule has 1 unspecified atom stereocenters. The molecule has 2 N–H and O–H groups in total. The third-order valence-corrected chi connectivity index (χ3v) is 4.95. The van der Waals surface area contributed by atoms with Gasteiger partial charge in [-0.15, -0.1) is 11.3 Å². The molecule has 0 radical (unpaired) electrons. The lowest BCUT2D eigenvalue weighted by Crippen LogP contribution is -2.35. The number of aliphatic hydroxyl groups excluding tert-OH is 1. The van der Waals surface area contributed by atoms with Crippen LogP contribution >= 0.6 is 27.3 Å². The third-order valence-electron chi connectivity index (χ3n) is 3.15. The first kappa shape index (κ1) is 13.8. The van der Waals surface area contributed by atoms with Gasteiger partial charge in [-0.1, -0.05) is 12.2 Å². The van der Waals surface area contributed by atoms with Crippen molar-refractivity contribution in [1.82, 2.24) is 5.32 Å². The van der Waals surface area contributed by atoms with Crippen LogP contribution < -0.4 is 5.32 Å². The molecule has 2 rings (SSSR count). The quantitative estimate of drug-likeness (QED) is 0.834. The van der Waals surface area contributed by atoms with Gasteiger partial charge in [-0.25, -0.2) is 0 Å². The summed E-state index contributed by atoms with van der Waals surface area (Å²) in [5.41, 5.74) is 0. The van der Waals surface area contributed by atoms with Crippen molar-refractivity contribution in [2.24, 2.45) is 5.92 Å². The van der Waals surface area contributed by atoms with E-state index in [2.05, 4.69) is 21.2 Å². The number of halogens is 1. The van der Waals surface area contributed by atoms with Crippen LogP contribution in [0.25, 0.3) is 0 Å². The Hall–Kier alpha value is -0.650. The number of amides is 1. The van der Waals surface area contributed by atoms with E-state index in [1.54, 1.807) is 11.3 Å². The molecule has 0 saturated carbocycles. The Kier molecular flexibility index (Phi) is 4.59. The normalized spacial score (nSPS) is 24.2. The molecule has 0 aromatic carbocycles. The molecule has 1 amide bonds. The van der Waals surface area contributed by atoms with Crippen LogP contribution in [-0.4, -0.2) is 23.7 Å². The van der Waals surface area contributed by atoms with Gasteiger partial charge in [0.05, 0.1) is 9.70 Å². The minimum atomic E-state index is -0.136. The van der Waals surface area contributed by atoms with E-state index in [0.29, 0.717) is 0 Å². The Morgan fingerprint density at radius 2 is 2.39 bits per heavy atom. The van der Waals surface area contributed by atoms with E-state index in [9.17, 15) is 4.79 Å². The first-order chi connectivity index (χ1) is 8.60. The highest BCUT2D eigenvalue weighted by molar-refractivity contribution is 9.11. The number of nitrogens with one attached hydrogen (secondary N) is 1. The van der Waals surface area contributed by atoms with E-state index in [-0.39, 0.29) is 30.4 Å². The summed E-state index contributed by atoms with van der Waals surface area (Å²) in [6.07, 6.45) is 4.73. The average Bonchev–Trinajstić information content (AvgIpc) is 2.97. The second kappa shape index (κ2) is 5.99. The van der Waals surface area contributed by atoms with Crippen molar-refractivity contribution < 1.29 is 9.90 Å². The van der Waals surface area contributed by atoms with E-state index in [4.69, 9.17) is 5.11 Å². The predicted octanol–water partition coefficient (Wildman–Crippen LogP) is 2.67. The van der Waals surface area contributed by atoms with Crippen molar-refractivity contribution in [2.45, 2.75) is 25.3 Å². The smallest absolute Gasteiger partial charge is 0.228 e. The molecule has 1 aliphatic rings. The average molecular weight is 330 g/mol. The van der Waals surface area contributed by atoms with E-state index < -0.39 is 0 Å². The van der Waals surface area contributed by atoms with E-state index in [0.717, 1.165) is 15.1 Å². The molecule has 5 heteroatoms. The molecule has 3 atom stereocenters. The molecule has 0 spiro atoms. The molecule has 18 heavy (non-hydrogen) atoms. The Balaban J connectivity index is 1.91. The van der Waals surface area contributed by atoms with Crippen molar-refractivity contribution in [3.8, 4) is 0 Å². The number of carbonyl (C=O) groups is 1. The Morgan fingerprint density at radius 1 is 1.61 bits per heavy atom. The molecular weight excluding hydrogens is 314 g/mol. The van der Waals surface area contributed by atoms with Crippen LogP contribution in [0.3, 0.4) is 0 Å². The highest BCUT2D eigenvalue weighted by Crippen LogP contribution is 2.29. The monoisotopic (exact) mass is 329 g/mol. The summed E-state index contributed by atoms with van der Waals surface area (Å²) in [5, 5.41) is 12.0. The molecule has 0 fully saturated rings. The molecule has 0 bridgehead atoms. The molecule has 3 nitrogen and oxygen atoms in total. The summed E-state index contributed by atoms with van der Waals surface area (Å²) in [4.78, 5) is 13.1. The van der Waals surface area contributed by atoms with Crippen molar-refractivity contribution in [1.29, 1.82) is 0 Å². The Morgan fingerprint density at radius 3 is 2.94 bits per heavy atom. The summed E-state index contributed by atoms with van der Waals surface area (Å²) in [7, 11) is 0. The highest BCUT2D eigenvalue weighted by atomic mass is 79.9. The van der Waals surface area contributed by atoms with Crippen LogP contribution in [0.5, 0.6) is 0 Å². The zero-order valence-electron chi connectivity index (χ0n) is 10.1. The lowest BCUT2D eigenvalue weighted by atomic mass is 10.1. The molecule has 98 valence electrons. The molecule has 1 aromatic heterocycles. The summed E-state index contributed by atoms with van der Waals surface area (Å²) in [6.45, 7) is 2.06. The van der Waals surface area contributed by atoms with Gasteiger partial charge in [0.2, 0.25) is 5.91 Å². The second-order valence-electron chi connectivity index (χ2n) is 4.54.